The summed E-state index contributed by atoms with van der Waals surface area (Å²) in [5.41, 5.74) is 0.505. The van der Waals surface area contributed by atoms with E-state index in [0.29, 0.717) is 12.5 Å². The Morgan fingerprint density at radius 1 is 1.10 bits per heavy atom. The van der Waals surface area contributed by atoms with Crippen LogP contribution in [0.2, 0.25) is 6.04 Å². The number of carbonyl (C=O) groups is 2. The first-order valence-corrected chi connectivity index (χ1v) is 8.11. The summed E-state index contributed by atoms with van der Waals surface area (Å²) >= 11 is 0. The van der Waals surface area contributed by atoms with Crippen molar-refractivity contribution in [1.29, 1.82) is 0 Å². The predicted molar refractivity (Wildman–Crippen MR) is 75.6 cm³/mol. The summed E-state index contributed by atoms with van der Waals surface area (Å²) in [6, 6.07) is 0.424. The highest BCUT2D eigenvalue weighted by Crippen LogP contribution is 2.18. The fraction of sp³-hybridized carbons (Fsp3) is 0.538. The van der Waals surface area contributed by atoms with Crippen molar-refractivity contribution in [2.24, 2.45) is 0 Å². The Hall–Kier alpha value is -1.44. The Balaban J connectivity index is 4.69. The minimum Gasteiger partial charge on any atom is -0.470 e. The molecule has 0 aromatic rings. The minimum atomic E-state index is -3.21. The summed E-state index contributed by atoms with van der Waals surface area (Å²) in [5.74, 6) is -1.16. The van der Waals surface area contributed by atoms with E-state index in [4.69, 9.17) is 18.0 Å². The van der Waals surface area contributed by atoms with Crippen LogP contribution in [0.1, 0.15) is 27.2 Å². The van der Waals surface area contributed by atoms with E-state index in [1.54, 1.807) is 0 Å². The van der Waals surface area contributed by atoms with Crippen LogP contribution in [-0.2, 0) is 27.6 Å². The molecule has 6 nitrogen and oxygen atoms in total. The molecule has 1 unspecified atom stereocenters. The molecule has 0 fully saturated rings. The highest BCUT2D eigenvalue weighted by atomic mass is 28.4. The largest absolute Gasteiger partial charge is 0.570 e. The zero-order chi connectivity index (χ0) is 15.8. The molecule has 0 bridgehead atoms. The number of hydrogen-bond donors (Lipinski definition) is 0. The first-order chi connectivity index (χ1) is 9.28. The summed E-state index contributed by atoms with van der Waals surface area (Å²) < 4.78 is 20.8. The fourth-order valence-corrected chi connectivity index (χ4v) is 3.20. The van der Waals surface area contributed by atoms with Crippen molar-refractivity contribution in [2.45, 2.75) is 33.2 Å². The maximum absolute atomic E-state index is 11.6. The van der Waals surface area contributed by atoms with Crippen molar-refractivity contribution >= 4 is 20.7 Å². The van der Waals surface area contributed by atoms with Crippen LogP contribution in [0.15, 0.2) is 24.3 Å². The molecule has 0 saturated heterocycles. The summed E-state index contributed by atoms with van der Waals surface area (Å²) in [4.78, 5) is 22.9. The molecular weight excluding hydrogens is 280 g/mol. The van der Waals surface area contributed by atoms with Crippen LogP contribution in [-0.4, -0.2) is 34.6 Å². The normalized spacial score (nSPS) is 13.2. The average molecular weight is 302 g/mol. The molecule has 114 valence electrons. The molecule has 0 amide bonds. The lowest BCUT2D eigenvalue weighted by atomic mass is 10.4. The molecule has 0 radical (unpaired) electrons. The van der Waals surface area contributed by atoms with Crippen molar-refractivity contribution in [3.05, 3.63) is 24.3 Å². The van der Waals surface area contributed by atoms with Crippen molar-refractivity contribution in [3.63, 3.8) is 0 Å². The molecule has 0 aliphatic heterocycles. The minimum absolute atomic E-state index is 0.248. The number of carbonyl (C=O) groups excluding carboxylic acids is 2. The van der Waals surface area contributed by atoms with Gasteiger partial charge in [0.25, 0.3) is 0 Å². The number of hydrogen-bond acceptors (Lipinski definition) is 6. The molecule has 0 heterocycles. The van der Waals surface area contributed by atoms with E-state index in [2.05, 4.69) is 13.2 Å². The second-order valence-corrected chi connectivity index (χ2v) is 7.05. The lowest BCUT2D eigenvalue weighted by molar-refractivity contribution is -0.149. The Morgan fingerprint density at radius 3 is 2.05 bits per heavy atom. The van der Waals surface area contributed by atoms with Gasteiger partial charge in [0.1, 0.15) is 0 Å². The van der Waals surface area contributed by atoms with Crippen molar-refractivity contribution in [1.82, 2.24) is 0 Å². The maximum Gasteiger partial charge on any atom is 0.570 e. The van der Waals surface area contributed by atoms with Gasteiger partial charge in [0.05, 0.1) is 0 Å². The van der Waals surface area contributed by atoms with Crippen LogP contribution < -0.4 is 0 Å². The van der Waals surface area contributed by atoms with Gasteiger partial charge in [0.15, 0.2) is 6.79 Å². The second-order valence-electron chi connectivity index (χ2n) is 4.28. The van der Waals surface area contributed by atoms with Crippen molar-refractivity contribution in [3.8, 4) is 0 Å². The molecule has 0 rings (SSSR count). The molecule has 0 aromatic heterocycles. The number of esters is 1. The smallest absolute Gasteiger partial charge is 0.470 e. The van der Waals surface area contributed by atoms with Gasteiger partial charge in [-0.1, -0.05) is 26.5 Å². The van der Waals surface area contributed by atoms with E-state index in [-0.39, 0.29) is 17.9 Å². The van der Waals surface area contributed by atoms with E-state index in [9.17, 15) is 9.59 Å². The van der Waals surface area contributed by atoms with Gasteiger partial charge in [-0.3, -0.25) is 0 Å². The van der Waals surface area contributed by atoms with Gasteiger partial charge in [-0.2, -0.15) is 0 Å². The van der Waals surface area contributed by atoms with Gasteiger partial charge >= 0.3 is 20.7 Å². The van der Waals surface area contributed by atoms with Crippen LogP contribution >= 0.6 is 0 Å². The van der Waals surface area contributed by atoms with E-state index in [1.807, 2.05) is 6.92 Å². The Kier molecular flexibility index (Phi) is 8.05. The van der Waals surface area contributed by atoms with E-state index in [0.717, 1.165) is 0 Å². The molecule has 20 heavy (non-hydrogen) atoms. The molecular formula is C13H22O6Si. The highest BCUT2D eigenvalue weighted by Gasteiger charge is 2.44. The highest BCUT2D eigenvalue weighted by molar-refractivity contribution is 6.62. The molecule has 0 saturated carbocycles. The zero-order valence-corrected chi connectivity index (χ0v) is 13.5. The quantitative estimate of drug-likeness (QED) is 0.281. The third kappa shape index (κ3) is 6.13. The Morgan fingerprint density at radius 2 is 1.65 bits per heavy atom. The Bertz CT molecular complexity index is 392. The molecule has 0 aliphatic rings. The lowest BCUT2D eigenvalue weighted by Gasteiger charge is -2.26. The van der Waals surface area contributed by atoms with Crippen LogP contribution in [0.25, 0.3) is 0 Å². The molecule has 0 spiro atoms. The SMILES string of the molecule is C=C(C)C(=O)OCO[Si](CCC)(OC)OC(=O)C(=C)C. The molecule has 7 heteroatoms. The van der Waals surface area contributed by atoms with Gasteiger partial charge < -0.3 is 18.0 Å². The first-order valence-electron chi connectivity index (χ1n) is 6.18. The first kappa shape index (κ1) is 18.6. The van der Waals surface area contributed by atoms with Crippen molar-refractivity contribution in [2.75, 3.05) is 13.9 Å². The van der Waals surface area contributed by atoms with Crippen LogP contribution in [0.5, 0.6) is 0 Å². The van der Waals surface area contributed by atoms with Gasteiger partial charge in [-0.25, -0.2) is 9.59 Å². The summed E-state index contributed by atoms with van der Waals surface area (Å²) in [6.07, 6.45) is 0.692. The third-order valence-electron chi connectivity index (χ3n) is 2.28. The zero-order valence-electron chi connectivity index (χ0n) is 12.5. The number of ether oxygens (including phenoxy) is 1. The summed E-state index contributed by atoms with van der Waals surface area (Å²) in [6.45, 7) is 11.6. The van der Waals surface area contributed by atoms with Gasteiger partial charge in [-0.05, 0) is 13.8 Å². The van der Waals surface area contributed by atoms with E-state index < -0.39 is 20.7 Å². The fourth-order valence-electron chi connectivity index (χ4n) is 1.19. The van der Waals surface area contributed by atoms with Crippen LogP contribution in [0.3, 0.4) is 0 Å². The standard InChI is InChI=1S/C13H22O6Si/c1-7-8-20(16-6,19-13(15)11(4)5)18-9-17-12(14)10(2)3/h2,4,7-9H2,1,3,5-6H3. The van der Waals surface area contributed by atoms with Crippen LogP contribution in [0, 0.1) is 0 Å². The van der Waals surface area contributed by atoms with Crippen LogP contribution in [0.4, 0.5) is 0 Å². The molecule has 0 N–H and O–H groups in total. The van der Waals surface area contributed by atoms with Crippen molar-refractivity contribution < 1.29 is 27.6 Å². The van der Waals surface area contributed by atoms with Gasteiger partial charge in [0, 0.05) is 24.3 Å². The topological polar surface area (TPSA) is 71.1 Å². The number of rotatable bonds is 9. The van der Waals surface area contributed by atoms with E-state index >= 15 is 0 Å². The second kappa shape index (κ2) is 8.67. The molecule has 0 aliphatic carbocycles. The van der Waals surface area contributed by atoms with Gasteiger partial charge in [0.2, 0.25) is 0 Å². The predicted octanol–water partition coefficient (Wildman–Crippen LogP) is 2.19. The monoisotopic (exact) mass is 302 g/mol. The summed E-state index contributed by atoms with van der Waals surface area (Å²) in [7, 11) is -1.82. The maximum atomic E-state index is 11.6. The molecule has 0 aromatic carbocycles. The van der Waals surface area contributed by atoms with Gasteiger partial charge in [-0.15, -0.1) is 0 Å². The lowest BCUT2D eigenvalue weighted by Crippen LogP contribution is -2.47. The average Bonchev–Trinajstić information content (AvgIpc) is 2.38. The third-order valence-corrected chi connectivity index (χ3v) is 5.07. The Labute approximate surface area is 120 Å². The molecule has 1 atom stereocenters. The summed E-state index contributed by atoms with van der Waals surface area (Å²) in [5, 5.41) is 0. The van der Waals surface area contributed by atoms with E-state index in [1.165, 1.54) is 21.0 Å².